The van der Waals surface area contributed by atoms with E-state index in [1.807, 2.05) is 42.6 Å². The van der Waals surface area contributed by atoms with Crippen LogP contribution < -0.4 is 15.5 Å². The van der Waals surface area contributed by atoms with Gasteiger partial charge in [-0.05, 0) is 48.6 Å². The van der Waals surface area contributed by atoms with Gasteiger partial charge in [-0.2, -0.15) is 0 Å². The summed E-state index contributed by atoms with van der Waals surface area (Å²) in [6.07, 6.45) is 9.13. The number of aromatic hydroxyl groups is 1. The van der Waals surface area contributed by atoms with Crippen LogP contribution in [0.2, 0.25) is 0 Å². The van der Waals surface area contributed by atoms with Crippen molar-refractivity contribution in [2.24, 2.45) is 11.7 Å². The molecule has 1 saturated carbocycles. The maximum absolute atomic E-state index is 10.2. The predicted octanol–water partition coefficient (Wildman–Crippen LogP) is 4.56. The lowest BCUT2D eigenvalue weighted by Crippen LogP contribution is -2.46. The van der Waals surface area contributed by atoms with Gasteiger partial charge in [-0.25, -0.2) is 4.98 Å². The fraction of sp³-hybridized carbons (Fsp3) is 0.370. The molecule has 0 radical (unpaired) electrons. The molecule has 176 valence electrons. The molecule has 3 aromatic rings. The third-order valence-electron chi connectivity index (χ3n) is 7.17. The van der Waals surface area contributed by atoms with Crippen molar-refractivity contribution < 1.29 is 5.11 Å². The number of rotatable bonds is 5. The van der Waals surface area contributed by atoms with Gasteiger partial charge in [-0.3, -0.25) is 4.98 Å². The number of nitrogens with one attached hydrogen (secondary N) is 1. The highest BCUT2D eigenvalue weighted by molar-refractivity contribution is 6.10. The van der Waals surface area contributed by atoms with Gasteiger partial charge in [0.15, 0.2) is 0 Å². The molecule has 7 nitrogen and oxygen atoms in total. The van der Waals surface area contributed by atoms with Gasteiger partial charge in [-0.1, -0.05) is 37.5 Å². The van der Waals surface area contributed by atoms with Crippen LogP contribution in [0.15, 0.2) is 54.4 Å². The largest absolute Gasteiger partial charge is 0.506 e. The lowest BCUT2D eigenvalue weighted by molar-refractivity contribution is 0.401. The van der Waals surface area contributed by atoms with Gasteiger partial charge in [0, 0.05) is 43.7 Å². The first-order chi connectivity index (χ1) is 16.6. The number of allylic oxidation sites excluding steroid dienone is 2. The average molecular weight is 457 g/mol. The Morgan fingerprint density at radius 1 is 0.971 bits per heavy atom. The number of phenolic OH excluding ortho intramolecular Hbond substituents is 1. The Hall–Kier alpha value is -3.61. The van der Waals surface area contributed by atoms with E-state index in [2.05, 4.69) is 14.8 Å². The zero-order chi connectivity index (χ0) is 23.5. The summed E-state index contributed by atoms with van der Waals surface area (Å²) in [5, 5.41) is 18.2. The zero-order valence-corrected chi connectivity index (χ0v) is 19.5. The van der Waals surface area contributed by atoms with Gasteiger partial charge >= 0.3 is 0 Å². The molecule has 0 spiro atoms. The van der Waals surface area contributed by atoms with Crippen LogP contribution in [-0.2, 0) is 0 Å². The van der Waals surface area contributed by atoms with Gasteiger partial charge in [0.2, 0.25) is 0 Å². The van der Waals surface area contributed by atoms with Crippen molar-refractivity contribution in [3.8, 4) is 5.75 Å². The van der Waals surface area contributed by atoms with Crippen molar-refractivity contribution in [3.63, 3.8) is 0 Å². The van der Waals surface area contributed by atoms with E-state index in [0.29, 0.717) is 11.7 Å². The van der Waals surface area contributed by atoms with E-state index < -0.39 is 0 Å². The average Bonchev–Trinajstić information content (AvgIpc) is 2.89. The first-order valence-corrected chi connectivity index (χ1v) is 12.2. The minimum absolute atomic E-state index is 0.316. The molecule has 2 heterocycles. The summed E-state index contributed by atoms with van der Waals surface area (Å²) in [6.45, 7) is 3.20. The van der Waals surface area contributed by atoms with Crippen LogP contribution in [-0.4, -0.2) is 47.5 Å². The molecule has 0 unspecified atom stereocenters. The first-order valence-electron chi connectivity index (χ1n) is 12.2. The third-order valence-corrected chi connectivity index (χ3v) is 7.17. The molecule has 2 fully saturated rings. The summed E-state index contributed by atoms with van der Waals surface area (Å²) in [4.78, 5) is 14.0. The molecule has 1 saturated heterocycles. The highest BCUT2D eigenvalue weighted by Crippen LogP contribution is 2.32. The number of piperazine rings is 1. The third kappa shape index (κ3) is 4.42. The van der Waals surface area contributed by atoms with Crippen LogP contribution in [0.5, 0.6) is 5.75 Å². The SMILES string of the molecule is N=C/C(=C(\N)C1CCCCC1)c1ccc2ncc(N3CCN(c4ccccc4O)CC3)nc2c1. The number of hydrogen-bond acceptors (Lipinski definition) is 7. The summed E-state index contributed by atoms with van der Waals surface area (Å²) >= 11 is 0. The van der Waals surface area contributed by atoms with E-state index in [1.165, 1.54) is 25.5 Å². The monoisotopic (exact) mass is 456 g/mol. The molecule has 1 aliphatic carbocycles. The van der Waals surface area contributed by atoms with Crippen LogP contribution in [0, 0.1) is 11.3 Å². The second-order valence-corrected chi connectivity index (χ2v) is 9.24. The molecule has 5 rings (SSSR count). The van der Waals surface area contributed by atoms with E-state index in [4.69, 9.17) is 16.1 Å². The van der Waals surface area contributed by atoms with E-state index >= 15 is 0 Å². The fourth-order valence-corrected chi connectivity index (χ4v) is 5.20. The molecule has 4 N–H and O–H groups in total. The molecule has 0 atom stereocenters. The lowest BCUT2D eigenvalue weighted by atomic mass is 9.84. The summed E-state index contributed by atoms with van der Waals surface area (Å²) < 4.78 is 0. The molecular weight excluding hydrogens is 424 g/mol. The van der Waals surface area contributed by atoms with Gasteiger partial charge in [-0.15, -0.1) is 0 Å². The van der Waals surface area contributed by atoms with Gasteiger partial charge in [0.1, 0.15) is 11.6 Å². The minimum Gasteiger partial charge on any atom is -0.506 e. The quantitative estimate of drug-likeness (QED) is 0.487. The van der Waals surface area contributed by atoms with Crippen molar-refractivity contribution in [1.82, 2.24) is 9.97 Å². The lowest BCUT2D eigenvalue weighted by Gasteiger charge is -2.36. The van der Waals surface area contributed by atoms with Gasteiger partial charge in [0.05, 0.1) is 22.9 Å². The topological polar surface area (TPSA) is 102 Å². The number of para-hydroxylation sites is 2. The molecule has 2 aliphatic rings. The number of fused-ring (bicyclic) bond motifs is 1. The van der Waals surface area contributed by atoms with Crippen molar-refractivity contribution in [2.45, 2.75) is 32.1 Å². The molecule has 34 heavy (non-hydrogen) atoms. The van der Waals surface area contributed by atoms with Crippen LogP contribution in [0.25, 0.3) is 16.6 Å². The van der Waals surface area contributed by atoms with E-state index in [-0.39, 0.29) is 0 Å². The maximum Gasteiger partial charge on any atom is 0.147 e. The molecule has 7 heteroatoms. The second-order valence-electron chi connectivity index (χ2n) is 9.24. The van der Waals surface area contributed by atoms with E-state index in [0.717, 1.165) is 78.4 Å². The highest BCUT2D eigenvalue weighted by atomic mass is 16.3. The summed E-state index contributed by atoms with van der Waals surface area (Å²) in [5.41, 5.74) is 11.6. The Labute approximate surface area is 200 Å². The number of nitrogens with two attached hydrogens (primary N) is 1. The standard InChI is InChI=1S/C27H32N6O/c28-17-21(27(29)19-6-2-1-3-7-19)20-10-11-22-23(16-20)31-26(18-30-22)33-14-12-32(13-15-33)24-8-4-5-9-25(24)34/h4-5,8-11,16-19,28,34H,1-3,6-7,12-15,29H2/b27-21+,28-17?. The summed E-state index contributed by atoms with van der Waals surface area (Å²) in [5.74, 6) is 1.53. The van der Waals surface area contributed by atoms with Crippen molar-refractivity contribution in [1.29, 1.82) is 5.41 Å². The van der Waals surface area contributed by atoms with Crippen LogP contribution in [0.4, 0.5) is 11.5 Å². The highest BCUT2D eigenvalue weighted by Gasteiger charge is 2.22. The van der Waals surface area contributed by atoms with E-state index in [1.54, 1.807) is 6.07 Å². The Morgan fingerprint density at radius 2 is 1.71 bits per heavy atom. The van der Waals surface area contributed by atoms with Crippen LogP contribution in [0.1, 0.15) is 37.7 Å². The smallest absolute Gasteiger partial charge is 0.147 e. The normalized spacial score (nSPS) is 18.1. The van der Waals surface area contributed by atoms with Gasteiger partial charge in [0.25, 0.3) is 0 Å². The zero-order valence-electron chi connectivity index (χ0n) is 19.5. The Bertz CT molecular complexity index is 1210. The predicted molar refractivity (Wildman–Crippen MR) is 139 cm³/mol. The molecule has 1 aliphatic heterocycles. The number of hydrogen-bond donors (Lipinski definition) is 3. The number of nitrogens with zero attached hydrogens (tertiary/aromatic N) is 4. The van der Waals surface area contributed by atoms with E-state index in [9.17, 15) is 5.11 Å². The van der Waals surface area contributed by atoms with Crippen LogP contribution in [0.3, 0.4) is 0 Å². The molecular formula is C27H32N6O. The number of anilines is 2. The minimum atomic E-state index is 0.316. The Balaban J connectivity index is 1.37. The second kappa shape index (κ2) is 9.71. The number of aromatic nitrogens is 2. The Kier molecular flexibility index (Phi) is 6.34. The first kappa shape index (κ1) is 22.2. The molecule has 2 aromatic carbocycles. The number of benzene rings is 2. The maximum atomic E-state index is 10.2. The summed E-state index contributed by atoms with van der Waals surface area (Å²) in [7, 11) is 0. The van der Waals surface area contributed by atoms with Crippen molar-refractivity contribution in [2.75, 3.05) is 36.0 Å². The van der Waals surface area contributed by atoms with Crippen molar-refractivity contribution in [3.05, 3.63) is 59.9 Å². The Morgan fingerprint density at radius 3 is 2.44 bits per heavy atom. The van der Waals surface area contributed by atoms with Crippen LogP contribution >= 0.6 is 0 Å². The summed E-state index contributed by atoms with van der Waals surface area (Å²) in [6, 6.07) is 13.5. The molecule has 1 aromatic heterocycles. The van der Waals surface area contributed by atoms with Gasteiger partial charge < -0.3 is 26.0 Å². The fourth-order valence-electron chi connectivity index (χ4n) is 5.20. The van der Waals surface area contributed by atoms with Crippen molar-refractivity contribution >= 4 is 34.3 Å². The molecule has 0 bridgehead atoms. The number of phenols is 1. The molecule has 0 amide bonds.